The number of para-hydroxylation sites is 2. The van der Waals surface area contributed by atoms with Crippen LogP contribution in [0.3, 0.4) is 0 Å². The highest BCUT2D eigenvalue weighted by Gasteiger charge is 2.36. The molecule has 0 saturated heterocycles. The van der Waals surface area contributed by atoms with Gasteiger partial charge in [-0.25, -0.2) is 15.3 Å². The summed E-state index contributed by atoms with van der Waals surface area (Å²) >= 11 is 0. The normalized spacial score (nSPS) is 15.4. The van der Waals surface area contributed by atoms with Crippen LogP contribution in [0.25, 0.3) is 0 Å². The number of hydrogen-bond donors (Lipinski definition) is 4. The molecule has 9 nitrogen and oxygen atoms in total. The Labute approximate surface area is 154 Å². The molecule has 0 saturated carbocycles. The summed E-state index contributed by atoms with van der Waals surface area (Å²) in [5, 5.41) is 19.2. The Bertz CT molecular complexity index is 998. The van der Waals surface area contributed by atoms with Crippen molar-refractivity contribution < 1.29 is 14.7 Å². The van der Waals surface area contributed by atoms with Crippen molar-refractivity contribution in [1.82, 2.24) is 10.6 Å². The van der Waals surface area contributed by atoms with Gasteiger partial charge in [0, 0.05) is 5.56 Å². The maximum atomic E-state index is 12.8. The summed E-state index contributed by atoms with van der Waals surface area (Å²) in [5.41, 5.74) is 0.979. The number of carboxylic acid groups (broad SMARTS) is 1. The van der Waals surface area contributed by atoms with Gasteiger partial charge in [0.15, 0.2) is 0 Å². The largest absolute Gasteiger partial charge is 0.480 e. The standard InChI is InChI=1S/C18H18N6O3/c1-11(17(26)27)21-18(22-14-7-2-3-8-15(14)23-18)24-16(25)13-6-4-5-12(9-13)10-20-19/h2-11,21H,19H2,1H3,(H,24,25)(H,26,27). The van der Waals surface area contributed by atoms with E-state index in [4.69, 9.17) is 5.84 Å². The summed E-state index contributed by atoms with van der Waals surface area (Å²) in [4.78, 5) is 32.9. The molecule has 138 valence electrons. The number of nitrogens with two attached hydrogens (primary N) is 1. The maximum Gasteiger partial charge on any atom is 0.320 e. The third-order valence-corrected chi connectivity index (χ3v) is 3.89. The van der Waals surface area contributed by atoms with Gasteiger partial charge in [-0.1, -0.05) is 24.3 Å². The summed E-state index contributed by atoms with van der Waals surface area (Å²) in [5.74, 6) is 1.96. The highest BCUT2D eigenvalue weighted by atomic mass is 16.4. The number of hydrazone groups is 1. The number of hydrogen-bond acceptors (Lipinski definition) is 7. The van der Waals surface area contributed by atoms with Gasteiger partial charge in [0.25, 0.3) is 11.8 Å². The molecule has 1 amide bonds. The predicted molar refractivity (Wildman–Crippen MR) is 97.4 cm³/mol. The van der Waals surface area contributed by atoms with Crippen LogP contribution < -0.4 is 27.2 Å². The topological polar surface area (TPSA) is 142 Å². The first-order valence-corrected chi connectivity index (χ1v) is 8.13. The van der Waals surface area contributed by atoms with Gasteiger partial charge in [0.2, 0.25) is 0 Å². The van der Waals surface area contributed by atoms with Crippen molar-refractivity contribution in [3.63, 3.8) is 0 Å². The van der Waals surface area contributed by atoms with Crippen molar-refractivity contribution >= 4 is 18.1 Å². The lowest BCUT2D eigenvalue weighted by molar-refractivity contribution is -0.139. The summed E-state index contributed by atoms with van der Waals surface area (Å²) < 4.78 is 0. The molecule has 1 aliphatic rings. The fourth-order valence-electron chi connectivity index (χ4n) is 2.62. The average Bonchev–Trinajstić information content (AvgIpc) is 2.99. The van der Waals surface area contributed by atoms with Crippen molar-refractivity contribution in [3.05, 3.63) is 70.4 Å². The molecule has 27 heavy (non-hydrogen) atoms. The van der Waals surface area contributed by atoms with Crippen LogP contribution in [0.15, 0.2) is 63.6 Å². The van der Waals surface area contributed by atoms with Crippen LogP contribution in [0, 0.1) is 0 Å². The van der Waals surface area contributed by atoms with Crippen LogP contribution in [0.4, 0.5) is 0 Å². The van der Waals surface area contributed by atoms with E-state index in [1.807, 2.05) is 0 Å². The van der Waals surface area contributed by atoms with E-state index < -0.39 is 23.8 Å². The number of fused-ring (bicyclic) bond motifs is 1. The Balaban J connectivity index is 1.95. The number of carbonyl (C=O) groups excluding carboxylic acids is 1. The number of carbonyl (C=O) groups is 2. The number of nitrogens with one attached hydrogen (secondary N) is 2. The lowest BCUT2D eigenvalue weighted by Gasteiger charge is -2.27. The zero-order valence-electron chi connectivity index (χ0n) is 14.5. The van der Waals surface area contributed by atoms with Gasteiger partial charge in [-0.2, -0.15) is 5.10 Å². The molecule has 2 aromatic rings. The quantitative estimate of drug-likeness (QED) is 0.232. The Morgan fingerprint density at radius 3 is 2.44 bits per heavy atom. The second-order valence-electron chi connectivity index (χ2n) is 5.95. The van der Waals surface area contributed by atoms with Gasteiger partial charge >= 0.3 is 5.97 Å². The summed E-state index contributed by atoms with van der Waals surface area (Å²) in [6.07, 6.45) is 1.41. The molecule has 9 heteroatoms. The molecule has 0 spiro atoms. The third kappa shape index (κ3) is 3.98. The zero-order valence-corrected chi connectivity index (χ0v) is 14.5. The van der Waals surface area contributed by atoms with Gasteiger partial charge in [0.05, 0.1) is 16.9 Å². The van der Waals surface area contributed by atoms with Crippen LogP contribution >= 0.6 is 0 Å². The van der Waals surface area contributed by atoms with Crippen molar-refractivity contribution in [2.75, 3.05) is 0 Å². The SMILES string of the molecule is CC(NC1(NC(=O)c2cccc(C=NN)c2)N=c2ccccc2=N1)C(=O)O. The van der Waals surface area contributed by atoms with Gasteiger partial charge in [0.1, 0.15) is 6.04 Å². The number of nitrogens with zero attached hydrogens (tertiary/aromatic N) is 3. The molecule has 1 heterocycles. The molecule has 0 fully saturated rings. The zero-order chi connectivity index (χ0) is 19.4. The number of carboxylic acids is 1. The fourth-order valence-corrected chi connectivity index (χ4v) is 2.62. The molecule has 1 aliphatic heterocycles. The molecule has 0 radical (unpaired) electrons. The van der Waals surface area contributed by atoms with Crippen LogP contribution in [0.2, 0.25) is 0 Å². The second kappa shape index (κ2) is 7.34. The predicted octanol–water partition coefficient (Wildman–Crippen LogP) is -0.664. The van der Waals surface area contributed by atoms with Gasteiger partial charge in [-0.3, -0.25) is 14.9 Å². The Morgan fingerprint density at radius 1 is 1.19 bits per heavy atom. The van der Waals surface area contributed by atoms with E-state index in [0.29, 0.717) is 21.8 Å². The van der Waals surface area contributed by atoms with Crippen LogP contribution in [-0.4, -0.2) is 35.2 Å². The van der Waals surface area contributed by atoms with E-state index in [2.05, 4.69) is 25.7 Å². The summed E-state index contributed by atoms with van der Waals surface area (Å²) in [6, 6.07) is 12.7. The molecule has 0 aromatic heterocycles. The molecule has 2 aromatic carbocycles. The number of amides is 1. The van der Waals surface area contributed by atoms with E-state index in [1.54, 1.807) is 48.5 Å². The summed E-state index contributed by atoms with van der Waals surface area (Å²) in [6.45, 7) is 1.45. The highest BCUT2D eigenvalue weighted by molar-refractivity contribution is 5.96. The summed E-state index contributed by atoms with van der Waals surface area (Å²) in [7, 11) is 0. The van der Waals surface area contributed by atoms with Crippen molar-refractivity contribution in [3.8, 4) is 0 Å². The first-order valence-electron chi connectivity index (χ1n) is 8.13. The van der Waals surface area contributed by atoms with Gasteiger partial charge < -0.3 is 10.9 Å². The molecule has 3 rings (SSSR count). The van der Waals surface area contributed by atoms with Crippen LogP contribution in [0.1, 0.15) is 22.8 Å². The van der Waals surface area contributed by atoms with E-state index in [0.717, 1.165) is 0 Å². The number of rotatable bonds is 6. The third-order valence-electron chi connectivity index (χ3n) is 3.89. The van der Waals surface area contributed by atoms with E-state index in [9.17, 15) is 14.7 Å². The minimum atomic E-state index is -1.61. The first kappa shape index (κ1) is 18.2. The lowest BCUT2D eigenvalue weighted by atomic mass is 10.1. The molecular formula is C18H18N6O3. The van der Waals surface area contributed by atoms with Crippen LogP contribution in [0.5, 0.6) is 0 Å². The van der Waals surface area contributed by atoms with E-state index >= 15 is 0 Å². The Hall–Kier alpha value is -3.59. The minimum absolute atomic E-state index is 0.331. The van der Waals surface area contributed by atoms with Gasteiger partial charge in [-0.15, -0.1) is 0 Å². The number of benzene rings is 2. The van der Waals surface area contributed by atoms with Crippen molar-refractivity contribution in [2.24, 2.45) is 20.9 Å². The second-order valence-corrected chi connectivity index (χ2v) is 5.95. The molecule has 1 atom stereocenters. The Morgan fingerprint density at radius 2 is 1.85 bits per heavy atom. The average molecular weight is 366 g/mol. The first-order chi connectivity index (χ1) is 12.9. The molecule has 0 bridgehead atoms. The highest BCUT2D eigenvalue weighted by Crippen LogP contribution is 2.11. The van der Waals surface area contributed by atoms with Crippen molar-refractivity contribution in [2.45, 2.75) is 18.9 Å². The fraction of sp³-hybridized carbons (Fsp3) is 0.167. The van der Waals surface area contributed by atoms with E-state index in [-0.39, 0.29) is 0 Å². The molecule has 1 unspecified atom stereocenters. The maximum absolute atomic E-state index is 12.8. The van der Waals surface area contributed by atoms with Crippen molar-refractivity contribution in [1.29, 1.82) is 0 Å². The molecular weight excluding hydrogens is 348 g/mol. The lowest BCUT2D eigenvalue weighted by Crippen LogP contribution is -2.60. The molecule has 5 N–H and O–H groups in total. The van der Waals surface area contributed by atoms with E-state index in [1.165, 1.54) is 13.1 Å². The van der Waals surface area contributed by atoms with Gasteiger partial charge in [-0.05, 0) is 36.8 Å². The monoisotopic (exact) mass is 366 g/mol. The smallest absolute Gasteiger partial charge is 0.320 e. The number of aliphatic carboxylic acids is 1. The Kier molecular flexibility index (Phi) is 4.95. The van der Waals surface area contributed by atoms with Crippen LogP contribution in [-0.2, 0) is 4.79 Å². The minimum Gasteiger partial charge on any atom is -0.480 e. The molecule has 0 aliphatic carbocycles.